The maximum absolute atomic E-state index is 13.3. The molecule has 128 valence electrons. The molecule has 1 aliphatic rings. The lowest BCUT2D eigenvalue weighted by molar-refractivity contribution is 0.578. The molecule has 1 saturated carbocycles. The predicted octanol–water partition coefficient (Wildman–Crippen LogP) is 4.34. The van der Waals surface area contributed by atoms with E-state index < -0.39 is 0 Å². The van der Waals surface area contributed by atoms with Crippen molar-refractivity contribution < 1.29 is 4.39 Å². The summed E-state index contributed by atoms with van der Waals surface area (Å²) in [7, 11) is 0. The molecule has 0 bridgehead atoms. The van der Waals surface area contributed by atoms with E-state index in [1.165, 1.54) is 25.0 Å². The Kier molecular flexibility index (Phi) is 4.05. The van der Waals surface area contributed by atoms with E-state index in [0.717, 1.165) is 23.2 Å². The first-order valence-corrected chi connectivity index (χ1v) is 8.49. The number of hydrogen-bond acceptors (Lipinski definition) is 3. The first-order chi connectivity index (χ1) is 12.1. The van der Waals surface area contributed by atoms with E-state index >= 15 is 0 Å². The molecule has 0 aliphatic heterocycles. The number of nitrogens with two attached hydrogens (primary N) is 1. The first-order valence-electron chi connectivity index (χ1n) is 8.11. The van der Waals surface area contributed by atoms with Gasteiger partial charge in [-0.3, -0.25) is 0 Å². The largest absolute Gasteiger partial charge is 0.384 e. The molecule has 1 fully saturated rings. The van der Waals surface area contributed by atoms with Gasteiger partial charge in [0.15, 0.2) is 5.65 Å². The maximum Gasteiger partial charge on any atom is 0.160 e. The van der Waals surface area contributed by atoms with Crippen molar-refractivity contribution >= 4 is 28.5 Å². The van der Waals surface area contributed by atoms with Crippen LogP contribution in [0.3, 0.4) is 0 Å². The van der Waals surface area contributed by atoms with Crippen LogP contribution in [0.5, 0.6) is 0 Å². The Balaban J connectivity index is 2.00. The number of H-pyrrole nitrogens is 1. The molecule has 4 rings (SSSR count). The van der Waals surface area contributed by atoms with Gasteiger partial charge in [-0.05, 0) is 49.1 Å². The van der Waals surface area contributed by atoms with Crippen LogP contribution in [0.1, 0.15) is 12.8 Å². The summed E-state index contributed by atoms with van der Waals surface area (Å²) in [5.74, 6) is 0.636. The van der Waals surface area contributed by atoms with E-state index in [2.05, 4.69) is 9.97 Å². The Bertz CT molecular complexity index is 971. The fourth-order valence-corrected chi connectivity index (χ4v) is 2.94. The van der Waals surface area contributed by atoms with Crippen LogP contribution < -0.4 is 5.73 Å². The zero-order valence-electron chi connectivity index (χ0n) is 13.4. The monoisotopic (exact) mass is 357 g/mol. The van der Waals surface area contributed by atoms with E-state index in [-0.39, 0.29) is 5.82 Å². The average molecular weight is 358 g/mol. The number of nitrogen functional groups attached to an aromatic ring is 1. The van der Waals surface area contributed by atoms with Crippen LogP contribution >= 0.6 is 11.6 Å². The number of fused-ring (bicyclic) bond motifs is 1. The number of rotatable bonds is 3. The zero-order valence-corrected chi connectivity index (χ0v) is 14.2. The summed E-state index contributed by atoms with van der Waals surface area (Å²) in [4.78, 5) is 7.46. The number of nitrogens with zero attached hydrogens (tertiary/aromatic N) is 3. The van der Waals surface area contributed by atoms with Gasteiger partial charge in [-0.15, -0.1) is 0 Å². The fraction of sp³-hybridized carbons (Fsp3) is 0.222. The van der Waals surface area contributed by atoms with Crippen molar-refractivity contribution in [2.24, 2.45) is 5.92 Å². The molecule has 0 saturated heterocycles. The number of halogens is 2. The van der Waals surface area contributed by atoms with Crippen molar-refractivity contribution in [1.82, 2.24) is 19.7 Å². The van der Waals surface area contributed by atoms with Crippen molar-refractivity contribution in [3.8, 4) is 11.3 Å². The van der Waals surface area contributed by atoms with Crippen LogP contribution in [-0.2, 0) is 6.54 Å². The van der Waals surface area contributed by atoms with Gasteiger partial charge in [0.05, 0.1) is 0 Å². The number of anilines is 1. The third-order valence-electron chi connectivity index (χ3n) is 4.19. The van der Waals surface area contributed by atoms with Crippen LogP contribution in [0.4, 0.5) is 10.2 Å². The highest BCUT2D eigenvalue weighted by atomic mass is 35.5. The molecule has 0 unspecified atom stereocenters. The van der Waals surface area contributed by atoms with E-state index in [4.69, 9.17) is 22.4 Å². The van der Waals surface area contributed by atoms with E-state index in [1.807, 2.05) is 10.7 Å². The Morgan fingerprint density at radius 2 is 2.00 bits per heavy atom. The summed E-state index contributed by atoms with van der Waals surface area (Å²) in [5.41, 5.74) is 8.24. The number of benzene rings is 1. The van der Waals surface area contributed by atoms with Crippen molar-refractivity contribution in [2.45, 2.75) is 19.4 Å². The summed E-state index contributed by atoms with van der Waals surface area (Å²) < 4.78 is 15.2. The van der Waals surface area contributed by atoms with Crippen molar-refractivity contribution in [3.05, 3.63) is 53.6 Å². The molecule has 5 nitrogen and oxygen atoms in total. The molecule has 0 amide bonds. The fourth-order valence-electron chi connectivity index (χ4n) is 2.76. The summed E-state index contributed by atoms with van der Waals surface area (Å²) in [5, 5.41) is 5.94. The normalized spacial score (nSPS) is 13.8. The van der Waals surface area contributed by atoms with E-state index in [1.54, 1.807) is 24.4 Å². The number of aromatic nitrogens is 4. The number of nitrogens with one attached hydrogen (secondary N) is 1. The standard InChI is InChI=1S/C18H17ClFN5/c19-15-9-16(21)23-18-14(7-8-22-15)17(12-3-5-13(20)6-4-12)24-25(18)10-11-1-2-11/h3-9,11,22H,1-2,10H2,(H2,21,23). The minimum Gasteiger partial charge on any atom is -0.384 e. The van der Waals surface area contributed by atoms with Gasteiger partial charge < -0.3 is 10.7 Å². The van der Waals surface area contributed by atoms with Crippen LogP contribution in [0.25, 0.3) is 22.3 Å². The lowest BCUT2D eigenvalue weighted by Gasteiger charge is -2.00. The third kappa shape index (κ3) is 3.44. The van der Waals surface area contributed by atoms with Gasteiger partial charge in [0, 0.05) is 29.8 Å². The molecule has 0 radical (unpaired) electrons. The molecule has 0 spiro atoms. The number of hydrogen-bond donors (Lipinski definition) is 2. The van der Waals surface area contributed by atoms with Gasteiger partial charge in [-0.1, -0.05) is 11.6 Å². The molecule has 3 aromatic rings. The van der Waals surface area contributed by atoms with Crippen molar-refractivity contribution in [1.29, 1.82) is 0 Å². The summed E-state index contributed by atoms with van der Waals surface area (Å²) in [6.07, 6.45) is 4.12. The Hall–Kier alpha value is -2.60. The quantitative estimate of drug-likeness (QED) is 0.732. The SMILES string of the molecule is Nc1cc(Cl)[nH]ccc2c(-c3ccc(F)cc3)nn(CC3CC3)c2n1. The second-order valence-corrected chi connectivity index (χ2v) is 6.63. The highest BCUT2D eigenvalue weighted by Crippen LogP contribution is 2.33. The summed E-state index contributed by atoms with van der Waals surface area (Å²) in [6, 6.07) is 9.70. The number of aromatic amines is 1. The average Bonchev–Trinajstić information content (AvgIpc) is 3.32. The van der Waals surface area contributed by atoms with Gasteiger partial charge in [0.2, 0.25) is 0 Å². The second kappa shape index (κ2) is 6.37. The molecule has 3 N–H and O–H groups in total. The van der Waals surface area contributed by atoms with Crippen LogP contribution in [0.2, 0.25) is 5.15 Å². The highest BCUT2D eigenvalue weighted by molar-refractivity contribution is 6.29. The molecule has 1 aliphatic carbocycles. The lowest BCUT2D eigenvalue weighted by atomic mass is 10.1. The summed E-state index contributed by atoms with van der Waals surface area (Å²) in [6.45, 7) is 0.791. The van der Waals surface area contributed by atoms with Gasteiger partial charge in [0.25, 0.3) is 0 Å². The highest BCUT2D eigenvalue weighted by Gasteiger charge is 2.24. The van der Waals surface area contributed by atoms with E-state index in [9.17, 15) is 4.39 Å². The molecule has 1 aromatic carbocycles. The van der Waals surface area contributed by atoms with Gasteiger partial charge in [0.1, 0.15) is 22.5 Å². The van der Waals surface area contributed by atoms with Crippen LogP contribution in [-0.4, -0.2) is 19.7 Å². The van der Waals surface area contributed by atoms with Gasteiger partial charge >= 0.3 is 0 Å². The molecule has 25 heavy (non-hydrogen) atoms. The second-order valence-electron chi connectivity index (χ2n) is 6.22. The topological polar surface area (TPSA) is 72.5 Å². The predicted molar refractivity (Wildman–Crippen MR) is 97.0 cm³/mol. The molecule has 0 atom stereocenters. The minimum absolute atomic E-state index is 0.281. The minimum atomic E-state index is -0.281. The maximum atomic E-state index is 13.3. The first kappa shape index (κ1) is 15.9. The molecule has 7 heteroatoms. The van der Waals surface area contributed by atoms with Gasteiger partial charge in [-0.2, -0.15) is 5.10 Å². The smallest absolute Gasteiger partial charge is 0.160 e. The Morgan fingerprint density at radius 3 is 2.72 bits per heavy atom. The molecule has 2 heterocycles. The third-order valence-corrected chi connectivity index (χ3v) is 4.41. The molecule has 2 aromatic heterocycles. The Labute approximate surface area is 149 Å². The molecular formula is C18H17ClFN5. The molecular weight excluding hydrogens is 341 g/mol. The summed E-state index contributed by atoms with van der Waals surface area (Å²) >= 11 is 6.05. The Morgan fingerprint density at radius 1 is 1.24 bits per heavy atom. The van der Waals surface area contributed by atoms with Crippen LogP contribution in [0.15, 0.2) is 42.6 Å². The van der Waals surface area contributed by atoms with E-state index in [0.29, 0.717) is 22.5 Å². The van der Waals surface area contributed by atoms with Crippen molar-refractivity contribution in [3.63, 3.8) is 0 Å². The van der Waals surface area contributed by atoms with Crippen LogP contribution in [0, 0.1) is 11.7 Å². The van der Waals surface area contributed by atoms with Gasteiger partial charge in [-0.25, -0.2) is 14.1 Å². The lowest BCUT2D eigenvalue weighted by Crippen LogP contribution is -2.03. The zero-order chi connectivity index (χ0) is 17.4. The van der Waals surface area contributed by atoms with Crippen molar-refractivity contribution in [2.75, 3.05) is 5.73 Å².